The number of hydrogen-bond donors (Lipinski definition) is 2. The van der Waals surface area contributed by atoms with E-state index in [1.165, 1.54) is 0 Å². The minimum atomic E-state index is 0.0283. The van der Waals surface area contributed by atoms with Crippen molar-refractivity contribution in [2.75, 3.05) is 13.2 Å². The van der Waals surface area contributed by atoms with Gasteiger partial charge in [0.1, 0.15) is 0 Å². The summed E-state index contributed by atoms with van der Waals surface area (Å²) < 4.78 is 0.988. The highest BCUT2D eigenvalue weighted by molar-refractivity contribution is 9.10. The zero-order valence-electron chi connectivity index (χ0n) is 7.28. The van der Waals surface area contributed by atoms with E-state index < -0.39 is 0 Å². The molecule has 0 fully saturated rings. The first kappa shape index (κ1) is 10.7. The molecular weight excluding hydrogens is 232 g/mol. The minimum absolute atomic E-state index is 0.0283. The maximum Gasteiger partial charge on any atom is 0.0501 e. The highest BCUT2D eigenvalue weighted by Gasteiger charge is 2.11. The highest BCUT2D eigenvalue weighted by Crippen LogP contribution is 2.26. The molecule has 13 heavy (non-hydrogen) atoms. The van der Waals surface area contributed by atoms with Gasteiger partial charge in [-0.2, -0.15) is 0 Å². The fourth-order valence-electron chi connectivity index (χ4n) is 1.31. The lowest BCUT2D eigenvalue weighted by Crippen LogP contribution is -2.06. The molecule has 1 aromatic carbocycles. The predicted octanol–water partition coefficient (Wildman–Crippen LogP) is 1.91. The number of benzene rings is 1. The molecule has 0 saturated heterocycles. The molecule has 0 aliphatic heterocycles. The van der Waals surface area contributed by atoms with Crippen molar-refractivity contribution in [1.29, 1.82) is 0 Å². The highest BCUT2D eigenvalue weighted by atomic mass is 79.9. The third-order valence-electron chi connectivity index (χ3n) is 2.04. The van der Waals surface area contributed by atoms with Gasteiger partial charge in [0, 0.05) is 17.0 Å². The quantitative estimate of drug-likeness (QED) is 0.850. The molecule has 2 N–H and O–H groups in total. The van der Waals surface area contributed by atoms with Crippen LogP contribution in [0.3, 0.4) is 0 Å². The maximum atomic E-state index is 9.10. The second kappa shape index (κ2) is 5.37. The Morgan fingerprint density at radius 2 is 1.92 bits per heavy atom. The van der Waals surface area contributed by atoms with Crippen molar-refractivity contribution in [1.82, 2.24) is 0 Å². The molecule has 0 aliphatic carbocycles. The van der Waals surface area contributed by atoms with Gasteiger partial charge in [-0.05, 0) is 18.1 Å². The van der Waals surface area contributed by atoms with Gasteiger partial charge in [0.15, 0.2) is 0 Å². The Labute approximate surface area is 86.3 Å². The van der Waals surface area contributed by atoms with E-state index in [0.717, 1.165) is 10.0 Å². The molecule has 0 heterocycles. The Morgan fingerprint density at radius 3 is 2.46 bits per heavy atom. The van der Waals surface area contributed by atoms with Crippen LogP contribution in [0.2, 0.25) is 0 Å². The van der Waals surface area contributed by atoms with Crippen molar-refractivity contribution in [3.05, 3.63) is 34.3 Å². The molecule has 0 aromatic heterocycles. The smallest absolute Gasteiger partial charge is 0.0501 e. The molecule has 0 bridgehead atoms. The van der Waals surface area contributed by atoms with Crippen LogP contribution in [0.5, 0.6) is 0 Å². The van der Waals surface area contributed by atoms with Gasteiger partial charge in [0.25, 0.3) is 0 Å². The molecule has 0 aliphatic rings. The number of hydrogen-bond acceptors (Lipinski definition) is 2. The lowest BCUT2D eigenvalue weighted by Gasteiger charge is -2.14. The molecule has 1 unspecified atom stereocenters. The third kappa shape index (κ3) is 2.79. The van der Waals surface area contributed by atoms with Crippen molar-refractivity contribution in [3.8, 4) is 0 Å². The average Bonchev–Trinajstić information content (AvgIpc) is 2.16. The Bertz CT molecular complexity index is 263. The molecule has 0 radical (unpaired) electrons. The van der Waals surface area contributed by atoms with E-state index in [1.54, 1.807) is 0 Å². The Kier molecular flexibility index (Phi) is 4.42. The van der Waals surface area contributed by atoms with E-state index >= 15 is 0 Å². The summed E-state index contributed by atoms with van der Waals surface area (Å²) >= 11 is 3.41. The van der Waals surface area contributed by atoms with Crippen LogP contribution < -0.4 is 0 Å². The standard InChI is InChI=1S/C10H13BrO2/c11-10-4-2-1-3-9(10)8(7-13)5-6-12/h1-4,8,12-13H,5-7H2. The van der Waals surface area contributed by atoms with E-state index in [1.807, 2.05) is 24.3 Å². The Balaban J connectivity index is 2.84. The predicted molar refractivity (Wildman–Crippen MR) is 55.7 cm³/mol. The summed E-state index contributed by atoms with van der Waals surface area (Å²) in [4.78, 5) is 0. The minimum Gasteiger partial charge on any atom is -0.396 e. The van der Waals surface area contributed by atoms with Crippen molar-refractivity contribution < 1.29 is 10.2 Å². The van der Waals surface area contributed by atoms with Crippen LogP contribution in [0.15, 0.2) is 28.7 Å². The second-order valence-corrected chi connectivity index (χ2v) is 3.77. The summed E-state index contributed by atoms with van der Waals surface area (Å²) in [7, 11) is 0. The van der Waals surface area contributed by atoms with Crippen LogP contribution in [0, 0.1) is 0 Å². The van der Waals surface area contributed by atoms with Gasteiger partial charge in [-0.25, -0.2) is 0 Å². The molecule has 72 valence electrons. The Morgan fingerprint density at radius 1 is 1.23 bits per heavy atom. The van der Waals surface area contributed by atoms with Gasteiger partial charge < -0.3 is 10.2 Å². The van der Waals surface area contributed by atoms with Gasteiger partial charge >= 0.3 is 0 Å². The van der Waals surface area contributed by atoms with E-state index in [4.69, 9.17) is 10.2 Å². The summed E-state index contributed by atoms with van der Waals surface area (Å²) in [6.07, 6.45) is 0.596. The summed E-state index contributed by atoms with van der Waals surface area (Å²) in [5.41, 5.74) is 1.05. The maximum absolute atomic E-state index is 9.10. The van der Waals surface area contributed by atoms with Crippen molar-refractivity contribution in [2.45, 2.75) is 12.3 Å². The van der Waals surface area contributed by atoms with E-state index in [-0.39, 0.29) is 19.1 Å². The number of aliphatic hydroxyl groups is 2. The van der Waals surface area contributed by atoms with E-state index in [9.17, 15) is 0 Å². The monoisotopic (exact) mass is 244 g/mol. The summed E-state index contributed by atoms with van der Waals surface area (Å²) in [5.74, 6) is 0.0283. The first-order valence-electron chi connectivity index (χ1n) is 4.25. The SMILES string of the molecule is OCCC(CO)c1ccccc1Br. The van der Waals surface area contributed by atoms with Gasteiger partial charge in [0.2, 0.25) is 0 Å². The zero-order chi connectivity index (χ0) is 9.68. The van der Waals surface area contributed by atoms with Crippen molar-refractivity contribution >= 4 is 15.9 Å². The lowest BCUT2D eigenvalue weighted by atomic mass is 9.97. The molecular formula is C10H13BrO2. The average molecular weight is 245 g/mol. The molecule has 0 spiro atoms. The fourth-order valence-corrected chi connectivity index (χ4v) is 1.92. The van der Waals surface area contributed by atoms with Crippen LogP contribution >= 0.6 is 15.9 Å². The molecule has 3 heteroatoms. The second-order valence-electron chi connectivity index (χ2n) is 2.91. The molecule has 0 amide bonds. The van der Waals surface area contributed by atoms with Gasteiger partial charge in [0.05, 0.1) is 6.61 Å². The molecule has 1 rings (SSSR count). The normalized spacial score (nSPS) is 12.8. The van der Waals surface area contributed by atoms with Gasteiger partial charge in [-0.3, -0.25) is 0 Å². The van der Waals surface area contributed by atoms with Gasteiger partial charge in [-0.1, -0.05) is 34.1 Å². The first-order valence-corrected chi connectivity index (χ1v) is 5.05. The van der Waals surface area contributed by atoms with Crippen LogP contribution in [0.1, 0.15) is 17.9 Å². The number of halogens is 1. The summed E-state index contributed by atoms with van der Waals surface area (Å²) in [6.45, 7) is 0.176. The largest absolute Gasteiger partial charge is 0.396 e. The molecule has 1 aromatic rings. The molecule has 0 saturated carbocycles. The number of rotatable bonds is 4. The number of aliphatic hydroxyl groups excluding tert-OH is 2. The van der Waals surface area contributed by atoms with E-state index in [0.29, 0.717) is 6.42 Å². The Hall–Kier alpha value is -0.380. The van der Waals surface area contributed by atoms with Crippen LogP contribution in [-0.2, 0) is 0 Å². The third-order valence-corrected chi connectivity index (χ3v) is 2.77. The van der Waals surface area contributed by atoms with Crippen molar-refractivity contribution in [2.24, 2.45) is 0 Å². The summed E-state index contributed by atoms with van der Waals surface area (Å²) in [6, 6.07) is 7.76. The first-order chi connectivity index (χ1) is 6.29. The zero-order valence-corrected chi connectivity index (χ0v) is 8.87. The van der Waals surface area contributed by atoms with Crippen LogP contribution in [0.25, 0.3) is 0 Å². The van der Waals surface area contributed by atoms with Crippen molar-refractivity contribution in [3.63, 3.8) is 0 Å². The molecule has 2 nitrogen and oxygen atoms in total. The van der Waals surface area contributed by atoms with Crippen LogP contribution in [0.4, 0.5) is 0 Å². The summed E-state index contributed by atoms with van der Waals surface area (Å²) in [5, 5.41) is 17.9. The van der Waals surface area contributed by atoms with Crippen LogP contribution in [-0.4, -0.2) is 23.4 Å². The fraction of sp³-hybridized carbons (Fsp3) is 0.400. The molecule has 1 atom stereocenters. The lowest BCUT2D eigenvalue weighted by molar-refractivity contribution is 0.219. The van der Waals surface area contributed by atoms with Gasteiger partial charge in [-0.15, -0.1) is 0 Å². The topological polar surface area (TPSA) is 40.5 Å². The van der Waals surface area contributed by atoms with E-state index in [2.05, 4.69) is 15.9 Å².